The topological polar surface area (TPSA) is 38.2 Å². The molecule has 1 aliphatic carbocycles. The van der Waals surface area contributed by atoms with Crippen LogP contribution in [-0.2, 0) is 0 Å². The van der Waals surface area contributed by atoms with E-state index in [9.17, 15) is 0 Å². The minimum atomic E-state index is 0.186. The number of hydrogen-bond acceptors (Lipinski definition) is 4. The summed E-state index contributed by atoms with van der Waals surface area (Å²) in [5.74, 6) is 2.49. The number of rotatable bonds is 4. The molecule has 1 saturated heterocycles. The average molecular weight is 374 g/mol. The van der Waals surface area contributed by atoms with Crippen LogP contribution in [0.3, 0.4) is 0 Å². The van der Waals surface area contributed by atoms with E-state index in [2.05, 4.69) is 53.2 Å². The van der Waals surface area contributed by atoms with Gasteiger partial charge in [0.1, 0.15) is 11.9 Å². The Balaban J connectivity index is 1.28. The van der Waals surface area contributed by atoms with Gasteiger partial charge in [0.15, 0.2) is 0 Å². The van der Waals surface area contributed by atoms with Crippen molar-refractivity contribution >= 4 is 16.7 Å². The van der Waals surface area contributed by atoms with Crippen LogP contribution in [0.2, 0.25) is 0 Å². The molecule has 0 radical (unpaired) electrons. The van der Waals surface area contributed by atoms with Gasteiger partial charge in [0.25, 0.3) is 0 Å². The van der Waals surface area contributed by atoms with Crippen molar-refractivity contribution in [3.8, 4) is 5.88 Å². The molecule has 1 saturated carbocycles. The van der Waals surface area contributed by atoms with Gasteiger partial charge in [0, 0.05) is 17.1 Å². The van der Waals surface area contributed by atoms with Gasteiger partial charge < -0.3 is 9.64 Å². The molecule has 5 rings (SSSR count). The van der Waals surface area contributed by atoms with Crippen LogP contribution in [-0.4, -0.2) is 29.2 Å². The van der Waals surface area contributed by atoms with E-state index in [4.69, 9.17) is 9.72 Å². The van der Waals surface area contributed by atoms with Gasteiger partial charge in [-0.15, -0.1) is 0 Å². The molecule has 1 aromatic carbocycles. The SMILES string of the molecule is Cc1cnc(OC2CN(c3ccc4ccccc4n3)C2)c(C2CCCCC2)c1. The highest BCUT2D eigenvalue weighted by Gasteiger charge is 2.31. The molecule has 28 heavy (non-hydrogen) atoms. The Hall–Kier alpha value is -2.62. The first kappa shape index (κ1) is 17.5. The van der Waals surface area contributed by atoms with Crippen molar-refractivity contribution < 1.29 is 4.74 Å². The molecule has 3 heterocycles. The average Bonchev–Trinajstić information content (AvgIpc) is 2.71. The van der Waals surface area contributed by atoms with E-state index >= 15 is 0 Å². The number of ether oxygens (including phenoxy) is 1. The summed E-state index contributed by atoms with van der Waals surface area (Å²) in [7, 11) is 0. The van der Waals surface area contributed by atoms with Gasteiger partial charge in [-0.25, -0.2) is 9.97 Å². The van der Waals surface area contributed by atoms with Crippen molar-refractivity contribution in [3.63, 3.8) is 0 Å². The molecular formula is C24H27N3O. The van der Waals surface area contributed by atoms with Gasteiger partial charge in [0.05, 0.1) is 18.6 Å². The zero-order valence-electron chi connectivity index (χ0n) is 16.5. The molecule has 2 aromatic heterocycles. The molecule has 3 aromatic rings. The Morgan fingerprint density at radius 2 is 1.82 bits per heavy atom. The third-order valence-electron chi connectivity index (χ3n) is 6.09. The van der Waals surface area contributed by atoms with Crippen LogP contribution in [0.15, 0.2) is 48.7 Å². The number of hydrogen-bond donors (Lipinski definition) is 0. The van der Waals surface area contributed by atoms with Crippen molar-refractivity contribution in [1.82, 2.24) is 9.97 Å². The molecule has 4 heteroatoms. The summed E-state index contributed by atoms with van der Waals surface area (Å²) in [5.41, 5.74) is 3.59. The van der Waals surface area contributed by atoms with Gasteiger partial charge in [-0.3, -0.25) is 0 Å². The van der Waals surface area contributed by atoms with E-state index in [0.717, 1.165) is 30.3 Å². The Morgan fingerprint density at radius 1 is 1.00 bits per heavy atom. The minimum absolute atomic E-state index is 0.186. The van der Waals surface area contributed by atoms with Crippen molar-refractivity contribution in [2.45, 2.75) is 51.0 Å². The van der Waals surface area contributed by atoms with Crippen LogP contribution in [0.5, 0.6) is 5.88 Å². The van der Waals surface area contributed by atoms with Crippen LogP contribution < -0.4 is 9.64 Å². The number of para-hydroxylation sites is 1. The normalized spacial score (nSPS) is 18.2. The highest BCUT2D eigenvalue weighted by atomic mass is 16.5. The lowest BCUT2D eigenvalue weighted by atomic mass is 9.84. The van der Waals surface area contributed by atoms with Gasteiger partial charge in [-0.05, 0) is 55.5 Å². The summed E-state index contributed by atoms with van der Waals surface area (Å²) in [5, 5.41) is 1.18. The van der Waals surface area contributed by atoms with Crippen molar-refractivity contribution in [2.75, 3.05) is 18.0 Å². The summed E-state index contributed by atoms with van der Waals surface area (Å²) >= 11 is 0. The fraction of sp³-hybridized carbons (Fsp3) is 0.417. The first-order valence-corrected chi connectivity index (χ1v) is 10.5. The van der Waals surface area contributed by atoms with Gasteiger partial charge in [-0.1, -0.05) is 37.5 Å². The highest BCUT2D eigenvalue weighted by molar-refractivity contribution is 5.80. The van der Waals surface area contributed by atoms with Crippen LogP contribution in [0.1, 0.15) is 49.1 Å². The second-order valence-corrected chi connectivity index (χ2v) is 8.25. The molecule has 0 bridgehead atoms. The molecule has 2 fully saturated rings. The number of nitrogens with zero attached hydrogens (tertiary/aromatic N) is 3. The van der Waals surface area contributed by atoms with Gasteiger partial charge >= 0.3 is 0 Å². The zero-order chi connectivity index (χ0) is 18.9. The maximum atomic E-state index is 6.35. The van der Waals surface area contributed by atoms with E-state index in [1.165, 1.54) is 48.6 Å². The van der Waals surface area contributed by atoms with Gasteiger partial charge in [-0.2, -0.15) is 0 Å². The number of fused-ring (bicyclic) bond motifs is 1. The first-order valence-electron chi connectivity index (χ1n) is 10.5. The fourth-order valence-electron chi connectivity index (χ4n) is 4.47. The summed E-state index contributed by atoms with van der Waals surface area (Å²) in [6.07, 6.45) is 8.65. The smallest absolute Gasteiger partial charge is 0.217 e. The number of aromatic nitrogens is 2. The van der Waals surface area contributed by atoms with Gasteiger partial charge in [0.2, 0.25) is 5.88 Å². The Kier molecular flexibility index (Phi) is 4.63. The first-order chi connectivity index (χ1) is 13.8. The number of aryl methyl sites for hydroxylation is 1. The number of benzene rings is 1. The summed E-state index contributed by atoms with van der Waals surface area (Å²) in [6.45, 7) is 3.86. The lowest BCUT2D eigenvalue weighted by Gasteiger charge is -2.40. The van der Waals surface area contributed by atoms with Crippen molar-refractivity contribution in [2.24, 2.45) is 0 Å². The molecule has 1 aliphatic heterocycles. The number of pyridine rings is 2. The fourth-order valence-corrected chi connectivity index (χ4v) is 4.47. The van der Waals surface area contributed by atoms with Crippen molar-refractivity contribution in [3.05, 3.63) is 59.8 Å². The van der Waals surface area contributed by atoms with Crippen LogP contribution in [0.25, 0.3) is 10.9 Å². The Bertz CT molecular complexity index is 975. The van der Waals surface area contributed by atoms with E-state index in [1.54, 1.807) is 0 Å². The lowest BCUT2D eigenvalue weighted by Crippen LogP contribution is -2.54. The third kappa shape index (κ3) is 3.44. The minimum Gasteiger partial charge on any atom is -0.470 e. The third-order valence-corrected chi connectivity index (χ3v) is 6.09. The predicted octanol–water partition coefficient (Wildman–Crippen LogP) is 5.25. The quantitative estimate of drug-likeness (QED) is 0.626. The molecule has 0 atom stereocenters. The molecule has 0 unspecified atom stereocenters. The summed E-state index contributed by atoms with van der Waals surface area (Å²) < 4.78 is 6.35. The lowest BCUT2D eigenvalue weighted by molar-refractivity contribution is 0.156. The maximum Gasteiger partial charge on any atom is 0.217 e. The molecule has 0 spiro atoms. The summed E-state index contributed by atoms with van der Waals surface area (Å²) in [4.78, 5) is 11.7. The van der Waals surface area contributed by atoms with E-state index in [1.807, 2.05) is 12.3 Å². The zero-order valence-corrected chi connectivity index (χ0v) is 16.5. The summed E-state index contributed by atoms with van der Waals surface area (Å²) in [6, 6.07) is 14.8. The highest BCUT2D eigenvalue weighted by Crippen LogP contribution is 2.37. The molecule has 0 N–H and O–H groups in total. The Morgan fingerprint density at radius 3 is 2.68 bits per heavy atom. The molecule has 0 amide bonds. The second kappa shape index (κ2) is 7.42. The van der Waals surface area contributed by atoms with Crippen LogP contribution >= 0.6 is 0 Å². The van der Waals surface area contributed by atoms with Crippen molar-refractivity contribution in [1.29, 1.82) is 0 Å². The molecular weight excluding hydrogens is 346 g/mol. The monoisotopic (exact) mass is 373 g/mol. The van der Waals surface area contributed by atoms with E-state index in [0.29, 0.717) is 5.92 Å². The van der Waals surface area contributed by atoms with Crippen LogP contribution in [0, 0.1) is 6.92 Å². The van der Waals surface area contributed by atoms with E-state index < -0.39 is 0 Å². The van der Waals surface area contributed by atoms with E-state index in [-0.39, 0.29) is 6.10 Å². The maximum absolute atomic E-state index is 6.35. The molecule has 144 valence electrons. The molecule has 2 aliphatic rings. The number of anilines is 1. The predicted molar refractivity (Wildman–Crippen MR) is 113 cm³/mol. The largest absolute Gasteiger partial charge is 0.470 e. The molecule has 4 nitrogen and oxygen atoms in total. The second-order valence-electron chi connectivity index (χ2n) is 8.25. The Labute approximate surface area is 166 Å². The standard InChI is InChI=1S/C24H27N3O/c1-17-13-21(18-7-3-2-4-8-18)24(25-14-17)28-20-15-27(16-20)23-12-11-19-9-5-6-10-22(19)26-23/h5-6,9-14,18,20H,2-4,7-8,15-16H2,1H3. The van der Waals surface area contributed by atoms with Crippen LogP contribution in [0.4, 0.5) is 5.82 Å².